The molecule has 1 aromatic heterocycles. The normalized spacial score (nSPS) is 13.9. The molecule has 1 fully saturated rings. The van der Waals surface area contributed by atoms with Crippen molar-refractivity contribution >= 4 is 49.7 Å². The van der Waals surface area contributed by atoms with Gasteiger partial charge in [-0.2, -0.15) is 0 Å². The topological polar surface area (TPSA) is 108 Å². The molecule has 0 atom stereocenters. The Morgan fingerprint density at radius 1 is 1.12 bits per heavy atom. The van der Waals surface area contributed by atoms with Crippen LogP contribution in [0.1, 0.15) is 18.4 Å². The average Bonchev–Trinajstić information content (AvgIpc) is 3.37. The maximum Gasteiger partial charge on any atom is 0.230 e. The zero-order valence-electron chi connectivity index (χ0n) is 17.4. The molecule has 166 valence electrons. The van der Waals surface area contributed by atoms with E-state index in [4.69, 9.17) is 0 Å². The number of nitrogens with zero attached hydrogens (tertiary/aromatic N) is 2. The van der Waals surface area contributed by atoms with E-state index in [9.17, 15) is 18.0 Å². The lowest BCUT2D eigenvalue weighted by atomic mass is 10.1. The van der Waals surface area contributed by atoms with Gasteiger partial charge in [0.1, 0.15) is 0 Å². The molecule has 2 amide bonds. The number of rotatable bonds is 7. The Morgan fingerprint density at radius 2 is 1.84 bits per heavy atom. The van der Waals surface area contributed by atoms with Crippen molar-refractivity contribution in [1.82, 2.24) is 4.98 Å². The number of benzene rings is 2. The summed E-state index contributed by atoms with van der Waals surface area (Å²) in [6.07, 6.45) is 2.76. The summed E-state index contributed by atoms with van der Waals surface area (Å²) in [5.41, 5.74) is 3.69. The highest BCUT2D eigenvalue weighted by molar-refractivity contribution is 7.92. The predicted molar refractivity (Wildman–Crippen MR) is 126 cm³/mol. The molecule has 2 aromatic carbocycles. The van der Waals surface area contributed by atoms with Crippen LogP contribution < -0.4 is 14.9 Å². The molecule has 3 aromatic rings. The van der Waals surface area contributed by atoms with Crippen LogP contribution in [0, 0.1) is 0 Å². The number of aromatic nitrogens is 1. The van der Waals surface area contributed by atoms with Crippen LogP contribution in [-0.2, 0) is 26.0 Å². The molecule has 4 rings (SSSR count). The van der Waals surface area contributed by atoms with E-state index in [1.54, 1.807) is 29.2 Å². The van der Waals surface area contributed by atoms with Crippen molar-refractivity contribution in [2.75, 3.05) is 27.7 Å². The Hall–Kier alpha value is -3.24. The maximum atomic E-state index is 12.4. The number of hydrogen-bond acceptors (Lipinski definition) is 6. The van der Waals surface area contributed by atoms with E-state index in [0.717, 1.165) is 36.0 Å². The van der Waals surface area contributed by atoms with Crippen LogP contribution in [-0.4, -0.2) is 38.0 Å². The summed E-state index contributed by atoms with van der Waals surface area (Å²) in [5, 5.41) is 5.13. The summed E-state index contributed by atoms with van der Waals surface area (Å²) in [4.78, 5) is 30.5. The summed E-state index contributed by atoms with van der Waals surface area (Å²) >= 11 is 1.32. The van der Waals surface area contributed by atoms with Gasteiger partial charge in [-0.3, -0.25) is 14.3 Å². The molecule has 0 unspecified atom stereocenters. The van der Waals surface area contributed by atoms with Crippen molar-refractivity contribution in [3.63, 3.8) is 0 Å². The first-order chi connectivity index (χ1) is 15.3. The summed E-state index contributed by atoms with van der Waals surface area (Å²) < 4.78 is 25.0. The van der Waals surface area contributed by atoms with Crippen molar-refractivity contribution in [2.45, 2.75) is 19.3 Å². The van der Waals surface area contributed by atoms with Gasteiger partial charge in [-0.1, -0.05) is 24.3 Å². The Bertz CT molecular complexity index is 1240. The zero-order chi connectivity index (χ0) is 22.7. The largest absolute Gasteiger partial charge is 0.312 e. The Labute approximate surface area is 190 Å². The molecule has 1 aliphatic rings. The van der Waals surface area contributed by atoms with Gasteiger partial charge >= 0.3 is 0 Å². The van der Waals surface area contributed by atoms with E-state index in [1.807, 2.05) is 29.6 Å². The highest BCUT2D eigenvalue weighted by atomic mass is 32.2. The second kappa shape index (κ2) is 9.09. The fourth-order valence-electron chi connectivity index (χ4n) is 3.45. The molecule has 1 saturated heterocycles. The summed E-state index contributed by atoms with van der Waals surface area (Å²) in [5.74, 6) is -0.0417. The molecule has 32 heavy (non-hydrogen) atoms. The minimum absolute atomic E-state index is 0.136. The van der Waals surface area contributed by atoms with Gasteiger partial charge in [-0.05, 0) is 36.2 Å². The molecule has 10 heteroatoms. The first-order valence-corrected chi connectivity index (χ1v) is 12.8. The minimum Gasteiger partial charge on any atom is -0.312 e. The van der Waals surface area contributed by atoms with E-state index in [0.29, 0.717) is 22.9 Å². The lowest BCUT2D eigenvalue weighted by Gasteiger charge is -2.15. The molecule has 0 radical (unpaired) electrons. The van der Waals surface area contributed by atoms with Gasteiger partial charge < -0.3 is 10.2 Å². The Kier molecular flexibility index (Phi) is 6.24. The van der Waals surface area contributed by atoms with Crippen molar-refractivity contribution in [1.29, 1.82) is 0 Å². The molecule has 2 N–H and O–H groups in total. The van der Waals surface area contributed by atoms with Gasteiger partial charge in [0.2, 0.25) is 21.8 Å². The third-order valence-corrected chi connectivity index (χ3v) is 6.28. The molecular formula is C22H22N4O4S2. The third kappa shape index (κ3) is 5.51. The van der Waals surface area contributed by atoms with E-state index in [2.05, 4.69) is 15.0 Å². The fourth-order valence-corrected chi connectivity index (χ4v) is 4.75. The summed E-state index contributed by atoms with van der Waals surface area (Å²) in [7, 11) is -3.33. The molecule has 0 spiro atoms. The first-order valence-electron chi connectivity index (χ1n) is 10.00. The lowest BCUT2D eigenvalue weighted by molar-refractivity contribution is -0.117. The standard InChI is InChI=1S/C22H22N4O4S2/c1-32(29,30)25-17-8-6-16(7-9-17)19-14-31-22(23-19)24-20(27)13-15-4-10-18(11-5-15)26-12-2-3-21(26)28/h4-11,14,25H,2-3,12-13H2,1H3,(H,23,24,27). The van der Waals surface area contributed by atoms with Crippen LogP contribution in [0.15, 0.2) is 53.9 Å². The van der Waals surface area contributed by atoms with Gasteiger partial charge in [0.05, 0.1) is 18.4 Å². The fraction of sp³-hybridized carbons (Fsp3) is 0.227. The van der Waals surface area contributed by atoms with Crippen LogP contribution in [0.4, 0.5) is 16.5 Å². The van der Waals surface area contributed by atoms with Crippen LogP contribution in [0.25, 0.3) is 11.3 Å². The van der Waals surface area contributed by atoms with Crippen molar-refractivity contribution in [2.24, 2.45) is 0 Å². The van der Waals surface area contributed by atoms with Crippen LogP contribution in [0.3, 0.4) is 0 Å². The van der Waals surface area contributed by atoms with E-state index < -0.39 is 10.0 Å². The SMILES string of the molecule is CS(=O)(=O)Nc1ccc(-c2csc(NC(=O)Cc3ccc(N4CCCC4=O)cc3)n2)cc1. The highest BCUT2D eigenvalue weighted by Crippen LogP contribution is 2.26. The monoisotopic (exact) mass is 470 g/mol. The molecule has 2 heterocycles. The number of thiazole rings is 1. The van der Waals surface area contributed by atoms with Crippen molar-refractivity contribution < 1.29 is 18.0 Å². The van der Waals surface area contributed by atoms with Gasteiger partial charge in [0.25, 0.3) is 0 Å². The molecule has 8 nitrogen and oxygen atoms in total. The number of anilines is 3. The smallest absolute Gasteiger partial charge is 0.230 e. The number of nitrogens with one attached hydrogen (secondary N) is 2. The number of sulfonamides is 1. The van der Waals surface area contributed by atoms with E-state index >= 15 is 0 Å². The highest BCUT2D eigenvalue weighted by Gasteiger charge is 2.21. The van der Waals surface area contributed by atoms with Gasteiger partial charge in [0, 0.05) is 35.3 Å². The average molecular weight is 471 g/mol. The molecule has 0 saturated carbocycles. The molecule has 0 aliphatic carbocycles. The number of carbonyl (C=O) groups excluding carboxylic acids is 2. The Balaban J connectivity index is 1.35. The third-order valence-electron chi connectivity index (χ3n) is 4.92. The molecule has 0 bridgehead atoms. The van der Waals surface area contributed by atoms with Gasteiger partial charge in [-0.25, -0.2) is 13.4 Å². The quantitative estimate of drug-likeness (QED) is 0.550. The second-order valence-electron chi connectivity index (χ2n) is 7.53. The van der Waals surface area contributed by atoms with E-state index in [1.165, 1.54) is 11.3 Å². The lowest BCUT2D eigenvalue weighted by Crippen LogP contribution is -2.23. The van der Waals surface area contributed by atoms with Crippen LogP contribution in [0.2, 0.25) is 0 Å². The molecular weight excluding hydrogens is 448 g/mol. The van der Waals surface area contributed by atoms with E-state index in [-0.39, 0.29) is 18.2 Å². The van der Waals surface area contributed by atoms with Crippen LogP contribution in [0.5, 0.6) is 0 Å². The van der Waals surface area contributed by atoms with Gasteiger partial charge in [-0.15, -0.1) is 11.3 Å². The van der Waals surface area contributed by atoms with Crippen LogP contribution >= 0.6 is 11.3 Å². The number of hydrogen-bond donors (Lipinski definition) is 2. The molecule has 1 aliphatic heterocycles. The summed E-state index contributed by atoms with van der Waals surface area (Å²) in [6, 6.07) is 14.3. The summed E-state index contributed by atoms with van der Waals surface area (Å²) in [6.45, 7) is 0.738. The minimum atomic E-state index is -3.33. The number of amides is 2. The number of carbonyl (C=O) groups is 2. The van der Waals surface area contributed by atoms with Crippen molar-refractivity contribution in [3.05, 3.63) is 59.5 Å². The van der Waals surface area contributed by atoms with Crippen molar-refractivity contribution in [3.8, 4) is 11.3 Å². The maximum absolute atomic E-state index is 12.4. The first kappa shape index (κ1) is 22.0. The predicted octanol–water partition coefficient (Wildman–Crippen LogP) is 3.49. The Morgan fingerprint density at radius 3 is 2.47 bits per heavy atom. The van der Waals surface area contributed by atoms with Gasteiger partial charge in [0.15, 0.2) is 5.13 Å². The zero-order valence-corrected chi connectivity index (χ0v) is 19.0. The second-order valence-corrected chi connectivity index (χ2v) is 10.1.